The summed E-state index contributed by atoms with van der Waals surface area (Å²) in [5.74, 6) is -1.88. The molecule has 13 heteroatoms. The van der Waals surface area contributed by atoms with Crippen LogP contribution in [0.1, 0.15) is 155 Å². The predicted molar refractivity (Wildman–Crippen MR) is 249 cm³/mol. The van der Waals surface area contributed by atoms with Crippen LogP contribution in [0.15, 0.2) is 23.2 Å². The molecule has 3 aromatic rings. The van der Waals surface area contributed by atoms with Crippen LogP contribution >= 0.6 is 0 Å². The topological polar surface area (TPSA) is 165 Å². The SMILES string of the molecule is CC1=C(OS(=O)(=O)C(C)(C)c2c(C)c(C)c(C)c(C)c2C)C(=O)C(C)(C)O1.Cc1c(C)c(C)c(C2OC(N)=C(OS(=O)(=O)C(C)(C)c3c(C)c(C)c(C)c(C)c3C)C2=O)c(C)c1C. The molecule has 3 aromatic carbocycles. The lowest BCUT2D eigenvalue weighted by Crippen LogP contribution is -2.35. The Morgan fingerprint density at radius 3 is 1.08 bits per heavy atom. The van der Waals surface area contributed by atoms with Crippen molar-refractivity contribution in [2.75, 3.05) is 0 Å². The molecule has 346 valence electrons. The van der Waals surface area contributed by atoms with Crippen LogP contribution in [0, 0.1) is 104 Å². The zero-order chi connectivity index (χ0) is 48.8. The second-order valence-corrected chi connectivity index (χ2v) is 23.2. The summed E-state index contributed by atoms with van der Waals surface area (Å²) in [5, 5.41) is 0. The number of carbonyl (C=O) groups is 2. The van der Waals surface area contributed by atoms with Crippen molar-refractivity contribution < 1.29 is 44.3 Å². The van der Waals surface area contributed by atoms with Gasteiger partial charge in [0.15, 0.2) is 11.7 Å². The second-order valence-electron chi connectivity index (χ2n) is 19.0. The van der Waals surface area contributed by atoms with E-state index in [1.54, 1.807) is 48.5 Å². The molecule has 1 unspecified atom stereocenters. The number of carbonyl (C=O) groups excluding carboxylic acids is 2. The molecule has 0 bridgehead atoms. The van der Waals surface area contributed by atoms with Crippen molar-refractivity contribution in [1.29, 1.82) is 0 Å². The number of benzene rings is 3. The average molecular weight is 908 g/mol. The maximum Gasteiger partial charge on any atom is 0.319 e. The van der Waals surface area contributed by atoms with Crippen molar-refractivity contribution in [3.63, 3.8) is 0 Å². The van der Waals surface area contributed by atoms with E-state index in [1.807, 2.05) is 104 Å². The number of hydrogen-bond acceptors (Lipinski definition) is 11. The summed E-state index contributed by atoms with van der Waals surface area (Å²) in [6.07, 6.45) is -1.05. The number of nitrogens with two attached hydrogens (primary N) is 1. The van der Waals surface area contributed by atoms with Gasteiger partial charge < -0.3 is 23.6 Å². The molecule has 0 amide bonds. The summed E-state index contributed by atoms with van der Waals surface area (Å²) in [6, 6.07) is 0. The normalized spacial score (nSPS) is 16.9. The van der Waals surface area contributed by atoms with E-state index in [9.17, 15) is 26.4 Å². The molecule has 2 aliphatic rings. The van der Waals surface area contributed by atoms with Gasteiger partial charge in [0.2, 0.25) is 29.0 Å². The maximum absolute atomic E-state index is 13.7. The van der Waals surface area contributed by atoms with Crippen LogP contribution in [0.5, 0.6) is 0 Å². The number of ketones is 2. The second kappa shape index (κ2) is 16.7. The first-order chi connectivity index (χ1) is 28.4. The molecule has 0 saturated carbocycles. The zero-order valence-electron chi connectivity index (χ0n) is 41.6. The molecule has 2 heterocycles. The van der Waals surface area contributed by atoms with Crippen LogP contribution < -0.4 is 5.73 Å². The third kappa shape index (κ3) is 8.21. The Morgan fingerprint density at radius 1 is 0.492 bits per heavy atom. The first-order valence-corrected chi connectivity index (χ1v) is 24.0. The number of allylic oxidation sites excluding steroid dienone is 1. The predicted octanol–water partition coefficient (Wildman–Crippen LogP) is 10.2. The molecule has 2 N–H and O–H groups in total. The first-order valence-electron chi connectivity index (χ1n) is 21.2. The van der Waals surface area contributed by atoms with Gasteiger partial charge in [0, 0.05) is 5.56 Å². The van der Waals surface area contributed by atoms with Gasteiger partial charge in [-0.15, -0.1) is 0 Å². The van der Waals surface area contributed by atoms with E-state index in [2.05, 4.69) is 0 Å². The molecule has 0 radical (unpaired) electrons. The fourth-order valence-corrected chi connectivity index (χ4v) is 11.5. The Bertz CT molecular complexity index is 2700. The van der Waals surface area contributed by atoms with Crippen molar-refractivity contribution in [2.24, 2.45) is 5.73 Å². The number of ether oxygens (including phenoxy) is 2. The number of hydrogen-bond donors (Lipinski definition) is 1. The van der Waals surface area contributed by atoms with Crippen LogP contribution in [-0.4, -0.2) is 34.0 Å². The van der Waals surface area contributed by atoms with Gasteiger partial charge in [0.1, 0.15) is 15.3 Å². The first kappa shape index (κ1) is 51.0. The molecule has 11 nitrogen and oxygen atoms in total. The zero-order valence-corrected chi connectivity index (χ0v) is 43.2. The molecule has 2 aliphatic heterocycles. The molecule has 5 rings (SSSR count). The van der Waals surface area contributed by atoms with Crippen LogP contribution in [0.2, 0.25) is 0 Å². The molecular weight excluding hydrogens is 839 g/mol. The fraction of sp³-hybridized carbons (Fsp3) is 0.520. The van der Waals surface area contributed by atoms with Gasteiger partial charge in [0.25, 0.3) is 0 Å². The third-order valence-electron chi connectivity index (χ3n) is 14.6. The molecule has 63 heavy (non-hydrogen) atoms. The monoisotopic (exact) mass is 907 g/mol. The van der Waals surface area contributed by atoms with E-state index in [0.717, 1.165) is 83.5 Å². The van der Waals surface area contributed by atoms with Crippen molar-refractivity contribution >= 4 is 31.8 Å². The van der Waals surface area contributed by atoms with Gasteiger partial charge in [-0.25, -0.2) is 0 Å². The lowest BCUT2D eigenvalue weighted by atomic mass is 9.84. The van der Waals surface area contributed by atoms with Gasteiger partial charge >= 0.3 is 20.2 Å². The molecule has 1 atom stereocenters. The van der Waals surface area contributed by atoms with Gasteiger partial charge in [0.05, 0.1) is 0 Å². The lowest BCUT2D eigenvalue weighted by Gasteiger charge is -2.31. The third-order valence-corrected chi connectivity index (χ3v) is 18.3. The van der Waals surface area contributed by atoms with Gasteiger partial charge in [-0.3, -0.25) is 9.59 Å². The van der Waals surface area contributed by atoms with E-state index in [4.69, 9.17) is 23.6 Å². The Kier molecular flexibility index (Phi) is 13.6. The molecule has 0 aromatic heterocycles. The lowest BCUT2D eigenvalue weighted by molar-refractivity contribution is -0.129. The van der Waals surface area contributed by atoms with Gasteiger partial charge in [-0.05, 0) is 247 Å². The summed E-state index contributed by atoms with van der Waals surface area (Å²) in [6.45, 7) is 40.8. The Hall–Kier alpha value is -4.62. The quantitative estimate of drug-likeness (QED) is 0.203. The minimum Gasteiger partial charge on any atom is -0.480 e. The summed E-state index contributed by atoms with van der Waals surface area (Å²) < 4.78 is 73.3. The van der Waals surface area contributed by atoms with E-state index in [0.29, 0.717) is 16.7 Å². The molecule has 0 aliphatic carbocycles. The highest BCUT2D eigenvalue weighted by Crippen LogP contribution is 2.45. The van der Waals surface area contributed by atoms with Crippen molar-refractivity contribution in [3.8, 4) is 0 Å². The molecule has 0 saturated heterocycles. The summed E-state index contributed by atoms with van der Waals surface area (Å²) in [5.41, 5.74) is 22.2. The van der Waals surface area contributed by atoms with E-state index >= 15 is 0 Å². The van der Waals surface area contributed by atoms with Gasteiger partial charge in [-0.2, -0.15) is 16.8 Å². The Balaban J connectivity index is 0.000000288. The highest BCUT2D eigenvalue weighted by Gasteiger charge is 2.49. The molecule has 0 fully saturated rings. The van der Waals surface area contributed by atoms with Crippen molar-refractivity contribution in [1.82, 2.24) is 0 Å². The Morgan fingerprint density at radius 2 is 0.778 bits per heavy atom. The smallest absolute Gasteiger partial charge is 0.319 e. The van der Waals surface area contributed by atoms with Crippen LogP contribution in [0.25, 0.3) is 0 Å². The maximum atomic E-state index is 13.7. The molecule has 0 spiro atoms. The van der Waals surface area contributed by atoms with Gasteiger partial charge in [-0.1, -0.05) is 0 Å². The van der Waals surface area contributed by atoms with Crippen LogP contribution in [-0.2, 0) is 57.2 Å². The van der Waals surface area contributed by atoms with E-state index in [-0.39, 0.29) is 17.4 Å². The van der Waals surface area contributed by atoms with Crippen molar-refractivity contribution in [2.45, 2.75) is 174 Å². The highest BCUT2D eigenvalue weighted by atomic mass is 32.2. The minimum absolute atomic E-state index is 0.189. The van der Waals surface area contributed by atoms with E-state index < -0.39 is 58.8 Å². The van der Waals surface area contributed by atoms with Crippen LogP contribution in [0.4, 0.5) is 0 Å². The van der Waals surface area contributed by atoms with E-state index in [1.165, 1.54) is 0 Å². The minimum atomic E-state index is -4.34. The summed E-state index contributed by atoms with van der Waals surface area (Å²) >= 11 is 0. The fourth-order valence-electron chi connectivity index (χ4n) is 9.16. The van der Waals surface area contributed by atoms with Crippen LogP contribution in [0.3, 0.4) is 0 Å². The Labute approximate surface area is 377 Å². The molecular formula is C50H69NO10S2. The van der Waals surface area contributed by atoms with Crippen molar-refractivity contribution in [3.05, 3.63) is 123 Å². The number of rotatable bonds is 9. The largest absolute Gasteiger partial charge is 0.480 e. The standard InChI is InChI=1S/C29H39NO5S.C21H30O5S/c1-13-15(3)19(7)23(20(8)16(13)4)26-25(31)27(28(30)34-26)35-36(32,33)29(11,12)24-21(9)17(5)14(2)18(6)22(24)10;1-11-12(2)14(4)17(15(5)13(11)3)21(9,10)27(23,24)26-18-16(6)25-20(7,8)19(18)22/h26H,30H2,1-12H3;1-10H3. The summed E-state index contributed by atoms with van der Waals surface area (Å²) in [7, 11) is -8.50. The number of Topliss-reactive ketones (excluding diaryl/α,β-unsaturated/α-hetero) is 2. The summed E-state index contributed by atoms with van der Waals surface area (Å²) in [4.78, 5) is 26.0. The average Bonchev–Trinajstić information content (AvgIpc) is 3.55. The highest BCUT2D eigenvalue weighted by molar-refractivity contribution is 7.88.